The fraction of sp³-hybridized carbons (Fsp3) is 0.150. The van der Waals surface area contributed by atoms with Crippen LogP contribution >= 0.6 is 0 Å². The maximum atomic E-state index is 12.5. The fourth-order valence-electron chi connectivity index (χ4n) is 2.50. The zero-order valence-corrected chi connectivity index (χ0v) is 15.7. The SMILES string of the molecule is Cc1ccc(C)c(Oc2ccc(NS(=O)(=O)c3ccccc3C)cn2)c1. The van der Waals surface area contributed by atoms with Crippen molar-refractivity contribution in [3.05, 3.63) is 77.5 Å². The number of ether oxygens (including phenoxy) is 1. The third kappa shape index (κ3) is 4.03. The molecule has 134 valence electrons. The average Bonchev–Trinajstić information content (AvgIpc) is 2.60. The van der Waals surface area contributed by atoms with Gasteiger partial charge in [-0.3, -0.25) is 4.72 Å². The van der Waals surface area contributed by atoms with E-state index in [0.717, 1.165) is 16.9 Å². The Hall–Kier alpha value is -2.86. The first kappa shape index (κ1) is 17.9. The second kappa shape index (κ2) is 7.17. The van der Waals surface area contributed by atoms with Crippen LogP contribution in [0.15, 0.2) is 65.7 Å². The van der Waals surface area contributed by atoms with Gasteiger partial charge >= 0.3 is 0 Å². The average molecular weight is 368 g/mol. The lowest BCUT2D eigenvalue weighted by Crippen LogP contribution is -2.14. The second-order valence-corrected chi connectivity index (χ2v) is 7.78. The van der Waals surface area contributed by atoms with Gasteiger partial charge in [0, 0.05) is 6.07 Å². The number of sulfonamides is 1. The Morgan fingerprint density at radius 1 is 0.923 bits per heavy atom. The van der Waals surface area contributed by atoms with Crippen molar-refractivity contribution >= 4 is 15.7 Å². The molecule has 0 atom stereocenters. The molecule has 0 aliphatic rings. The van der Waals surface area contributed by atoms with Crippen LogP contribution < -0.4 is 9.46 Å². The van der Waals surface area contributed by atoms with Crippen LogP contribution in [-0.2, 0) is 10.0 Å². The molecule has 1 N–H and O–H groups in total. The molecule has 6 heteroatoms. The van der Waals surface area contributed by atoms with E-state index in [4.69, 9.17) is 4.74 Å². The van der Waals surface area contributed by atoms with Crippen molar-refractivity contribution in [1.82, 2.24) is 4.98 Å². The Bertz CT molecular complexity index is 1030. The molecule has 3 rings (SSSR count). The highest BCUT2D eigenvalue weighted by Gasteiger charge is 2.16. The van der Waals surface area contributed by atoms with Gasteiger partial charge in [0.2, 0.25) is 5.88 Å². The van der Waals surface area contributed by atoms with Crippen molar-refractivity contribution in [3.63, 3.8) is 0 Å². The van der Waals surface area contributed by atoms with Gasteiger partial charge < -0.3 is 4.74 Å². The van der Waals surface area contributed by atoms with E-state index in [1.165, 1.54) is 6.20 Å². The van der Waals surface area contributed by atoms with Crippen LogP contribution in [-0.4, -0.2) is 13.4 Å². The summed E-state index contributed by atoms with van der Waals surface area (Å²) in [5.41, 5.74) is 3.15. The number of benzene rings is 2. The fourth-order valence-corrected chi connectivity index (χ4v) is 3.79. The summed E-state index contributed by atoms with van der Waals surface area (Å²) >= 11 is 0. The lowest BCUT2D eigenvalue weighted by atomic mass is 10.1. The molecule has 0 spiro atoms. The van der Waals surface area contributed by atoms with Crippen molar-refractivity contribution in [1.29, 1.82) is 0 Å². The molecule has 0 saturated heterocycles. The van der Waals surface area contributed by atoms with Crippen molar-refractivity contribution in [2.24, 2.45) is 0 Å². The van der Waals surface area contributed by atoms with E-state index in [-0.39, 0.29) is 4.90 Å². The molecular weight excluding hydrogens is 348 g/mol. The Morgan fingerprint density at radius 3 is 2.38 bits per heavy atom. The molecule has 0 bridgehead atoms. The number of aromatic nitrogens is 1. The number of nitrogens with zero attached hydrogens (tertiary/aromatic N) is 1. The number of hydrogen-bond acceptors (Lipinski definition) is 4. The van der Waals surface area contributed by atoms with Crippen LogP contribution in [0, 0.1) is 20.8 Å². The summed E-state index contributed by atoms with van der Waals surface area (Å²) < 4.78 is 33.4. The van der Waals surface area contributed by atoms with Crippen LogP contribution in [0.25, 0.3) is 0 Å². The molecule has 0 saturated carbocycles. The van der Waals surface area contributed by atoms with E-state index < -0.39 is 10.0 Å². The van der Waals surface area contributed by atoms with Crippen molar-refractivity contribution in [2.45, 2.75) is 25.7 Å². The Labute approximate surface area is 153 Å². The standard InChI is InChI=1S/C20H20N2O3S/c1-14-8-9-15(2)18(12-14)25-20-11-10-17(13-21-20)22-26(23,24)19-7-5-4-6-16(19)3/h4-13,22H,1-3H3. The van der Waals surface area contributed by atoms with Gasteiger partial charge in [0.15, 0.2) is 0 Å². The summed E-state index contributed by atoms with van der Waals surface area (Å²) in [6.07, 6.45) is 1.44. The molecule has 0 amide bonds. The topological polar surface area (TPSA) is 68.3 Å². The Balaban J connectivity index is 1.78. The summed E-state index contributed by atoms with van der Waals surface area (Å²) in [4.78, 5) is 4.44. The van der Waals surface area contributed by atoms with Gasteiger partial charge in [0.05, 0.1) is 16.8 Å². The zero-order chi connectivity index (χ0) is 18.7. The van der Waals surface area contributed by atoms with Gasteiger partial charge in [-0.15, -0.1) is 0 Å². The number of anilines is 1. The summed E-state index contributed by atoms with van der Waals surface area (Å²) in [6.45, 7) is 5.70. The van der Waals surface area contributed by atoms with Gasteiger partial charge in [-0.05, 0) is 55.7 Å². The molecule has 1 heterocycles. The van der Waals surface area contributed by atoms with Crippen molar-refractivity contribution in [2.75, 3.05) is 4.72 Å². The highest BCUT2D eigenvalue weighted by molar-refractivity contribution is 7.92. The van der Waals surface area contributed by atoms with E-state index in [1.807, 2.05) is 32.0 Å². The Kier molecular flexibility index (Phi) is 4.95. The van der Waals surface area contributed by atoms with Gasteiger partial charge in [-0.1, -0.05) is 30.3 Å². The molecule has 0 fully saturated rings. The maximum absolute atomic E-state index is 12.5. The molecule has 5 nitrogen and oxygen atoms in total. The summed E-state index contributed by atoms with van der Waals surface area (Å²) in [5, 5.41) is 0. The molecular formula is C20H20N2O3S. The van der Waals surface area contributed by atoms with Crippen molar-refractivity contribution < 1.29 is 13.2 Å². The van der Waals surface area contributed by atoms with Crippen LogP contribution in [0.4, 0.5) is 5.69 Å². The van der Waals surface area contributed by atoms with Crippen LogP contribution in [0.3, 0.4) is 0 Å². The summed E-state index contributed by atoms with van der Waals surface area (Å²) in [5.74, 6) is 1.13. The molecule has 26 heavy (non-hydrogen) atoms. The van der Waals surface area contributed by atoms with Gasteiger partial charge in [-0.2, -0.15) is 0 Å². The molecule has 0 unspecified atom stereocenters. The van der Waals surface area contributed by atoms with Gasteiger partial charge in [0.1, 0.15) is 5.75 Å². The predicted octanol–water partition coefficient (Wildman–Crippen LogP) is 4.60. The highest BCUT2D eigenvalue weighted by Crippen LogP contribution is 2.26. The smallest absolute Gasteiger partial charge is 0.262 e. The lowest BCUT2D eigenvalue weighted by Gasteiger charge is -2.11. The molecule has 2 aromatic carbocycles. The van der Waals surface area contributed by atoms with E-state index >= 15 is 0 Å². The molecule has 3 aromatic rings. The number of aryl methyl sites for hydroxylation is 3. The first-order valence-corrected chi connectivity index (χ1v) is 9.63. The number of nitrogens with one attached hydrogen (secondary N) is 1. The van der Waals surface area contributed by atoms with Crippen LogP contribution in [0.1, 0.15) is 16.7 Å². The number of hydrogen-bond donors (Lipinski definition) is 1. The third-order valence-electron chi connectivity index (χ3n) is 3.93. The largest absolute Gasteiger partial charge is 0.439 e. The molecule has 0 aliphatic carbocycles. The summed E-state index contributed by atoms with van der Waals surface area (Å²) in [6, 6.07) is 16.0. The quantitative estimate of drug-likeness (QED) is 0.715. The van der Waals surface area contributed by atoms with Gasteiger partial charge in [0.25, 0.3) is 10.0 Å². The minimum absolute atomic E-state index is 0.246. The van der Waals surface area contributed by atoms with E-state index in [1.54, 1.807) is 43.3 Å². The second-order valence-electron chi connectivity index (χ2n) is 6.13. The minimum atomic E-state index is -3.66. The predicted molar refractivity (Wildman–Crippen MR) is 102 cm³/mol. The van der Waals surface area contributed by atoms with Gasteiger partial charge in [-0.25, -0.2) is 13.4 Å². The molecule has 1 aromatic heterocycles. The van der Waals surface area contributed by atoms with E-state index in [2.05, 4.69) is 9.71 Å². The molecule has 0 aliphatic heterocycles. The maximum Gasteiger partial charge on any atom is 0.262 e. The highest BCUT2D eigenvalue weighted by atomic mass is 32.2. The lowest BCUT2D eigenvalue weighted by molar-refractivity contribution is 0.459. The van der Waals surface area contributed by atoms with Crippen molar-refractivity contribution in [3.8, 4) is 11.6 Å². The first-order valence-electron chi connectivity index (χ1n) is 8.15. The normalized spacial score (nSPS) is 11.2. The number of rotatable bonds is 5. The first-order chi connectivity index (χ1) is 12.3. The Morgan fingerprint density at radius 2 is 1.69 bits per heavy atom. The summed E-state index contributed by atoms with van der Waals surface area (Å²) in [7, 11) is -3.66. The molecule has 0 radical (unpaired) electrons. The van der Waals surface area contributed by atoms with E-state index in [0.29, 0.717) is 17.1 Å². The van der Waals surface area contributed by atoms with Crippen LogP contribution in [0.2, 0.25) is 0 Å². The monoisotopic (exact) mass is 368 g/mol. The van der Waals surface area contributed by atoms with E-state index in [9.17, 15) is 8.42 Å². The number of pyridine rings is 1. The minimum Gasteiger partial charge on any atom is -0.439 e. The van der Waals surface area contributed by atoms with Crippen LogP contribution in [0.5, 0.6) is 11.6 Å². The third-order valence-corrected chi connectivity index (χ3v) is 5.47. The zero-order valence-electron chi connectivity index (χ0n) is 14.9.